The lowest BCUT2D eigenvalue weighted by Crippen LogP contribution is -2.22. The van der Waals surface area contributed by atoms with Crippen molar-refractivity contribution in [2.24, 2.45) is 0 Å². The predicted octanol–water partition coefficient (Wildman–Crippen LogP) is 6.28. The zero-order valence-corrected chi connectivity index (χ0v) is 19.4. The van der Waals surface area contributed by atoms with Gasteiger partial charge in [-0.3, -0.25) is 4.79 Å². The maximum absolute atomic E-state index is 12.7. The summed E-state index contributed by atoms with van der Waals surface area (Å²) >= 11 is 12.9. The van der Waals surface area contributed by atoms with E-state index in [1.54, 1.807) is 25.3 Å². The van der Waals surface area contributed by atoms with E-state index in [4.69, 9.17) is 28.6 Å². The van der Waals surface area contributed by atoms with E-state index in [0.29, 0.717) is 21.6 Å². The number of rotatable bonds is 7. The molecule has 5 nitrogen and oxygen atoms in total. The second-order valence-corrected chi connectivity index (χ2v) is 8.83. The lowest BCUT2D eigenvalue weighted by Gasteiger charge is -2.15. The number of hydrogen-bond acceptors (Lipinski definition) is 4. The summed E-state index contributed by atoms with van der Waals surface area (Å²) in [6.45, 7) is 1.85. The highest BCUT2D eigenvalue weighted by Gasteiger charge is 2.17. The summed E-state index contributed by atoms with van der Waals surface area (Å²) in [6, 6.07) is 22.5. The van der Waals surface area contributed by atoms with Gasteiger partial charge in [0.25, 0.3) is 0 Å². The number of thioether (sulfide) groups is 1. The van der Waals surface area contributed by atoms with Crippen molar-refractivity contribution < 1.29 is 9.53 Å². The molecule has 0 heterocycles. The molecule has 0 saturated heterocycles. The molecule has 8 heteroatoms. The second kappa shape index (κ2) is 11.0. The summed E-state index contributed by atoms with van der Waals surface area (Å²) < 4.78 is 5.29. The van der Waals surface area contributed by atoms with Crippen LogP contribution in [0, 0.1) is 0 Å². The Morgan fingerprint density at radius 3 is 2.42 bits per heavy atom. The van der Waals surface area contributed by atoms with Crippen molar-refractivity contribution in [3.05, 3.63) is 77.8 Å². The fourth-order valence-electron chi connectivity index (χ4n) is 2.73. The SMILES string of the molecule is COc1ccc(Cl)cc1NC(=O)C(C)Sc1cccc(NC(=S)Nc2ccccc2)c1. The average Bonchev–Trinajstić information content (AvgIpc) is 2.74. The van der Waals surface area contributed by atoms with E-state index in [2.05, 4.69) is 16.0 Å². The number of halogens is 1. The van der Waals surface area contributed by atoms with Gasteiger partial charge in [0.1, 0.15) is 5.75 Å². The Morgan fingerprint density at radius 2 is 1.68 bits per heavy atom. The van der Waals surface area contributed by atoms with Crippen molar-refractivity contribution in [2.45, 2.75) is 17.1 Å². The summed E-state index contributed by atoms with van der Waals surface area (Å²) in [5.74, 6) is 0.408. The predicted molar refractivity (Wildman–Crippen MR) is 135 cm³/mol. The first-order chi connectivity index (χ1) is 14.9. The molecule has 0 bridgehead atoms. The van der Waals surface area contributed by atoms with E-state index in [-0.39, 0.29) is 11.2 Å². The maximum atomic E-state index is 12.7. The van der Waals surface area contributed by atoms with Gasteiger partial charge in [0.15, 0.2) is 5.11 Å². The maximum Gasteiger partial charge on any atom is 0.237 e. The Bertz CT molecular complexity index is 1060. The zero-order chi connectivity index (χ0) is 22.2. The van der Waals surface area contributed by atoms with Crippen LogP contribution in [0.2, 0.25) is 5.02 Å². The molecule has 0 radical (unpaired) electrons. The molecule has 0 aliphatic rings. The molecule has 3 rings (SSSR count). The number of carbonyl (C=O) groups is 1. The molecule has 0 spiro atoms. The number of hydrogen-bond donors (Lipinski definition) is 3. The van der Waals surface area contributed by atoms with Crippen LogP contribution >= 0.6 is 35.6 Å². The van der Waals surface area contributed by atoms with Gasteiger partial charge in [-0.1, -0.05) is 35.9 Å². The molecule has 0 aliphatic carbocycles. The van der Waals surface area contributed by atoms with E-state index in [0.717, 1.165) is 16.3 Å². The Balaban J connectivity index is 1.60. The van der Waals surface area contributed by atoms with Crippen molar-refractivity contribution in [3.8, 4) is 5.75 Å². The van der Waals surface area contributed by atoms with Crippen molar-refractivity contribution in [1.82, 2.24) is 0 Å². The molecule has 3 N–H and O–H groups in total. The fraction of sp³-hybridized carbons (Fsp3) is 0.130. The average molecular weight is 472 g/mol. The third kappa shape index (κ3) is 6.89. The summed E-state index contributed by atoms with van der Waals surface area (Å²) in [6.07, 6.45) is 0. The molecule has 1 unspecified atom stereocenters. The largest absolute Gasteiger partial charge is 0.495 e. The standard InChI is InChI=1S/C23H22ClN3O2S2/c1-15(22(28)27-20-13-16(24)11-12-21(20)29-2)31-19-10-6-9-18(14-19)26-23(30)25-17-7-4-3-5-8-17/h3-15H,1-2H3,(H,27,28)(H2,25,26,30). The number of nitrogens with one attached hydrogen (secondary N) is 3. The Hall–Kier alpha value is -2.74. The smallest absolute Gasteiger partial charge is 0.237 e. The van der Waals surface area contributed by atoms with Gasteiger partial charge in [-0.2, -0.15) is 0 Å². The summed E-state index contributed by atoms with van der Waals surface area (Å²) in [5, 5.41) is 9.87. The van der Waals surface area contributed by atoms with Crippen LogP contribution in [0.1, 0.15) is 6.92 Å². The van der Waals surface area contributed by atoms with Gasteiger partial charge >= 0.3 is 0 Å². The van der Waals surface area contributed by atoms with Crippen LogP contribution in [0.15, 0.2) is 77.7 Å². The summed E-state index contributed by atoms with van der Waals surface area (Å²) in [4.78, 5) is 13.6. The van der Waals surface area contributed by atoms with E-state index in [1.807, 2.05) is 61.5 Å². The van der Waals surface area contributed by atoms with Gasteiger partial charge in [0, 0.05) is 21.3 Å². The summed E-state index contributed by atoms with van der Waals surface area (Å²) in [7, 11) is 1.55. The topological polar surface area (TPSA) is 62.4 Å². The minimum atomic E-state index is -0.340. The molecule has 0 aliphatic heterocycles. The van der Waals surface area contributed by atoms with Crippen molar-refractivity contribution in [2.75, 3.05) is 23.1 Å². The number of anilines is 3. The van der Waals surface area contributed by atoms with E-state index in [1.165, 1.54) is 11.8 Å². The number of benzene rings is 3. The minimum Gasteiger partial charge on any atom is -0.495 e. The highest BCUT2D eigenvalue weighted by atomic mass is 35.5. The van der Waals surface area contributed by atoms with Crippen LogP contribution in [-0.4, -0.2) is 23.4 Å². The molecular formula is C23H22ClN3O2S2. The van der Waals surface area contributed by atoms with Crippen LogP contribution in [0.3, 0.4) is 0 Å². The van der Waals surface area contributed by atoms with Crippen molar-refractivity contribution in [3.63, 3.8) is 0 Å². The first kappa shape index (κ1) is 22.9. The van der Waals surface area contributed by atoms with Crippen LogP contribution in [0.5, 0.6) is 5.75 Å². The number of amides is 1. The van der Waals surface area contributed by atoms with Gasteiger partial charge in [0.2, 0.25) is 5.91 Å². The third-order valence-electron chi connectivity index (χ3n) is 4.23. The number of para-hydroxylation sites is 1. The molecule has 3 aromatic carbocycles. The first-order valence-electron chi connectivity index (χ1n) is 9.49. The van der Waals surface area contributed by atoms with Crippen LogP contribution < -0.4 is 20.7 Å². The highest BCUT2D eigenvalue weighted by Crippen LogP contribution is 2.30. The quantitative estimate of drug-likeness (QED) is 0.278. The summed E-state index contributed by atoms with van der Waals surface area (Å²) in [5.41, 5.74) is 2.29. The molecule has 1 amide bonds. The van der Waals surface area contributed by atoms with Gasteiger partial charge in [-0.05, 0) is 67.7 Å². The number of thiocarbonyl (C=S) groups is 1. The van der Waals surface area contributed by atoms with Crippen LogP contribution in [0.25, 0.3) is 0 Å². The lowest BCUT2D eigenvalue weighted by molar-refractivity contribution is -0.115. The van der Waals surface area contributed by atoms with Gasteiger partial charge in [0.05, 0.1) is 18.0 Å². The molecule has 0 fully saturated rings. The number of carbonyl (C=O) groups excluding carboxylic acids is 1. The van der Waals surface area contributed by atoms with Crippen LogP contribution in [0.4, 0.5) is 17.1 Å². The molecule has 0 aromatic heterocycles. The third-order valence-corrected chi connectivity index (χ3v) is 5.76. The Kier molecular flexibility index (Phi) is 8.17. The number of ether oxygens (including phenoxy) is 1. The molecule has 160 valence electrons. The zero-order valence-electron chi connectivity index (χ0n) is 17.0. The second-order valence-electron chi connectivity index (χ2n) is 6.57. The van der Waals surface area contributed by atoms with Gasteiger partial charge < -0.3 is 20.7 Å². The lowest BCUT2D eigenvalue weighted by atomic mass is 10.3. The van der Waals surface area contributed by atoms with E-state index < -0.39 is 0 Å². The normalized spacial score (nSPS) is 11.3. The molecular weight excluding hydrogens is 450 g/mol. The van der Waals surface area contributed by atoms with E-state index in [9.17, 15) is 4.79 Å². The van der Waals surface area contributed by atoms with Crippen molar-refractivity contribution >= 4 is 63.7 Å². The number of methoxy groups -OCH3 is 1. The van der Waals surface area contributed by atoms with Crippen LogP contribution in [-0.2, 0) is 4.79 Å². The fourth-order valence-corrected chi connectivity index (χ4v) is 4.07. The molecule has 1 atom stereocenters. The monoisotopic (exact) mass is 471 g/mol. The Morgan fingerprint density at radius 1 is 0.968 bits per heavy atom. The van der Waals surface area contributed by atoms with Gasteiger partial charge in [-0.15, -0.1) is 11.8 Å². The molecule has 31 heavy (non-hydrogen) atoms. The van der Waals surface area contributed by atoms with Crippen molar-refractivity contribution in [1.29, 1.82) is 0 Å². The highest BCUT2D eigenvalue weighted by molar-refractivity contribution is 8.00. The molecule has 3 aromatic rings. The first-order valence-corrected chi connectivity index (χ1v) is 11.2. The van der Waals surface area contributed by atoms with Gasteiger partial charge in [-0.25, -0.2) is 0 Å². The Labute approximate surface area is 196 Å². The van der Waals surface area contributed by atoms with E-state index >= 15 is 0 Å². The minimum absolute atomic E-state index is 0.148. The molecule has 0 saturated carbocycles.